The van der Waals surface area contributed by atoms with Gasteiger partial charge in [-0.1, -0.05) is 36.4 Å². The van der Waals surface area contributed by atoms with Crippen LogP contribution in [0.15, 0.2) is 66.9 Å². The second kappa shape index (κ2) is 9.18. The molecule has 2 aliphatic rings. The molecule has 182 valence electrons. The summed E-state index contributed by atoms with van der Waals surface area (Å²) >= 11 is 0. The number of alkyl halides is 3. The minimum atomic E-state index is -4.73. The lowest BCUT2D eigenvalue weighted by Gasteiger charge is -2.48. The standard InChI is InChI=1S/C25H24F3N5O2/c26-25(27,28)22-21(15-29-33(22)19-9-5-2-6-10-19)24(35)32-16-20(17-32)30-11-13-31(14-12-30)23(34)18-7-3-1-4-8-18/h1-10,15,20H,11-14,16-17H2. The highest BCUT2D eigenvalue weighted by molar-refractivity contribution is 5.96. The minimum Gasteiger partial charge on any atom is -0.336 e. The number of likely N-dealkylation sites (tertiary alicyclic amines) is 1. The van der Waals surface area contributed by atoms with Crippen molar-refractivity contribution in [1.82, 2.24) is 24.5 Å². The first kappa shape index (κ1) is 23.1. The zero-order chi connectivity index (χ0) is 24.6. The summed E-state index contributed by atoms with van der Waals surface area (Å²) < 4.78 is 42.5. The number of halogens is 3. The van der Waals surface area contributed by atoms with Gasteiger partial charge in [0.15, 0.2) is 5.69 Å². The summed E-state index contributed by atoms with van der Waals surface area (Å²) in [6, 6.07) is 17.1. The zero-order valence-corrected chi connectivity index (χ0v) is 18.9. The van der Waals surface area contributed by atoms with E-state index < -0.39 is 23.3 Å². The highest BCUT2D eigenvalue weighted by Gasteiger charge is 2.44. The number of benzene rings is 2. The van der Waals surface area contributed by atoms with Gasteiger partial charge in [-0.3, -0.25) is 14.5 Å². The summed E-state index contributed by atoms with van der Waals surface area (Å²) in [5, 5.41) is 3.87. The molecule has 0 unspecified atom stereocenters. The molecule has 35 heavy (non-hydrogen) atoms. The summed E-state index contributed by atoms with van der Waals surface area (Å²) in [5.41, 5.74) is -0.621. The summed E-state index contributed by atoms with van der Waals surface area (Å²) in [6.07, 6.45) is -3.73. The van der Waals surface area contributed by atoms with Gasteiger partial charge in [0, 0.05) is 50.9 Å². The lowest BCUT2D eigenvalue weighted by Crippen LogP contribution is -2.64. The third kappa shape index (κ3) is 4.53. The number of para-hydroxylation sites is 1. The Labute approximate surface area is 200 Å². The predicted molar refractivity (Wildman–Crippen MR) is 122 cm³/mol. The van der Waals surface area contributed by atoms with E-state index in [1.165, 1.54) is 17.0 Å². The van der Waals surface area contributed by atoms with Gasteiger partial charge in [0.25, 0.3) is 11.8 Å². The molecule has 0 spiro atoms. The Balaban J connectivity index is 1.21. The molecule has 3 heterocycles. The van der Waals surface area contributed by atoms with Crippen LogP contribution in [-0.4, -0.2) is 81.6 Å². The normalized spacial score (nSPS) is 17.3. The Hall–Kier alpha value is -3.66. The molecule has 0 saturated carbocycles. The summed E-state index contributed by atoms with van der Waals surface area (Å²) in [5.74, 6) is -0.681. The number of rotatable bonds is 4. The largest absolute Gasteiger partial charge is 0.434 e. The third-order valence-corrected chi connectivity index (χ3v) is 6.56. The fourth-order valence-corrected chi connectivity index (χ4v) is 4.62. The van der Waals surface area contributed by atoms with E-state index in [9.17, 15) is 22.8 Å². The molecule has 5 rings (SSSR count). The van der Waals surface area contributed by atoms with Crippen molar-refractivity contribution in [3.8, 4) is 5.69 Å². The van der Waals surface area contributed by atoms with E-state index in [1.54, 1.807) is 35.2 Å². The highest BCUT2D eigenvalue weighted by atomic mass is 19.4. The lowest BCUT2D eigenvalue weighted by atomic mass is 10.0. The van der Waals surface area contributed by atoms with E-state index >= 15 is 0 Å². The van der Waals surface area contributed by atoms with Gasteiger partial charge in [-0.05, 0) is 24.3 Å². The maximum absolute atomic E-state index is 13.9. The van der Waals surface area contributed by atoms with Crippen molar-refractivity contribution in [2.45, 2.75) is 12.2 Å². The molecule has 2 aromatic carbocycles. The molecule has 0 atom stereocenters. The number of piperazine rings is 1. The van der Waals surface area contributed by atoms with Gasteiger partial charge in [0.2, 0.25) is 0 Å². The van der Waals surface area contributed by atoms with Crippen molar-refractivity contribution < 1.29 is 22.8 Å². The quantitative estimate of drug-likeness (QED) is 0.572. The molecule has 2 saturated heterocycles. The molecule has 3 aromatic rings. The van der Waals surface area contributed by atoms with E-state index in [0.29, 0.717) is 44.8 Å². The molecular weight excluding hydrogens is 459 g/mol. The number of hydrogen-bond donors (Lipinski definition) is 0. The van der Waals surface area contributed by atoms with E-state index in [4.69, 9.17) is 0 Å². The first-order valence-corrected chi connectivity index (χ1v) is 11.4. The van der Waals surface area contributed by atoms with E-state index in [0.717, 1.165) is 10.9 Å². The van der Waals surface area contributed by atoms with E-state index in [2.05, 4.69) is 10.00 Å². The number of aromatic nitrogens is 2. The van der Waals surface area contributed by atoms with Crippen LogP contribution >= 0.6 is 0 Å². The fourth-order valence-electron chi connectivity index (χ4n) is 4.62. The molecule has 0 N–H and O–H groups in total. The van der Waals surface area contributed by atoms with E-state index in [-0.39, 0.29) is 17.6 Å². The average molecular weight is 483 g/mol. The van der Waals surface area contributed by atoms with Crippen molar-refractivity contribution in [1.29, 1.82) is 0 Å². The van der Waals surface area contributed by atoms with Gasteiger partial charge in [0.05, 0.1) is 17.4 Å². The Kier molecular flexibility index (Phi) is 6.06. The zero-order valence-electron chi connectivity index (χ0n) is 18.9. The third-order valence-electron chi connectivity index (χ3n) is 6.56. The van der Waals surface area contributed by atoms with E-state index in [1.807, 2.05) is 18.2 Å². The smallest absolute Gasteiger partial charge is 0.336 e. The number of carbonyl (C=O) groups is 2. The Morgan fingerprint density at radius 2 is 1.40 bits per heavy atom. The van der Waals surface area contributed by atoms with Crippen molar-refractivity contribution in [2.75, 3.05) is 39.3 Å². The van der Waals surface area contributed by atoms with Crippen LogP contribution in [-0.2, 0) is 6.18 Å². The van der Waals surface area contributed by atoms with Crippen LogP contribution in [0.3, 0.4) is 0 Å². The lowest BCUT2D eigenvalue weighted by molar-refractivity contribution is -0.143. The Morgan fingerprint density at radius 3 is 2.00 bits per heavy atom. The van der Waals surface area contributed by atoms with Crippen LogP contribution in [0.2, 0.25) is 0 Å². The number of nitrogens with zero attached hydrogens (tertiary/aromatic N) is 5. The van der Waals surface area contributed by atoms with Crippen molar-refractivity contribution in [3.05, 3.63) is 83.7 Å². The number of carbonyl (C=O) groups excluding carboxylic acids is 2. The second-order valence-electron chi connectivity index (χ2n) is 8.71. The number of amides is 2. The number of hydrogen-bond acceptors (Lipinski definition) is 4. The van der Waals surface area contributed by atoms with Crippen molar-refractivity contribution in [3.63, 3.8) is 0 Å². The molecule has 2 aliphatic heterocycles. The van der Waals surface area contributed by atoms with Gasteiger partial charge < -0.3 is 9.80 Å². The van der Waals surface area contributed by atoms with Gasteiger partial charge in [-0.15, -0.1) is 0 Å². The van der Waals surface area contributed by atoms with Crippen LogP contribution in [0.5, 0.6) is 0 Å². The monoisotopic (exact) mass is 483 g/mol. The molecule has 0 aliphatic carbocycles. The average Bonchev–Trinajstić information content (AvgIpc) is 3.30. The molecule has 0 radical (unpaired) electrons. The summed E-state index contributed by atoms with van der Waals surface area (Å²) in [4.78, 5) is 31.0. The van der Waals surface area contributed by atoms with Crippen molar-refractivity contribution >= 4 is 11.8 Å². The first-order valence-electron chi connectivity index (χ1n) is 11.4. The molecule has 2 fully saturated rings. The Morgan fingerprint density at radius 1 is 0.800 bits per heavy atom. The predicted octanol–water partition coefficient (Wildman–Crippen LogP) is 3.17. The molecule has 10 heteroatoms. The second-order valence-corrected chi connectivity index (χ2v) is 8.71. The Bertz CT molecular complexity index is 1200. The van der Waals surface area contributed by atoms with Gasteiger partial charge in [-0.2, -0.15) is 18.3 Å². The van der Waals surface area contributed by atoms with Gasteiger partial charge >= 0.3 is 6.18 Å². The van der Waals surface area contributed by atoms with Crippen LogP contribution in [0, 0.1) is 0 Å². The minimum absolute atomic E-state index is 0.00854. The highest BCUT2D eigenvalue weighted by Crippen LogP contribution is 2.35. The van der Waals surface area contributed by atoms with Gasteiger partial charge in [-0.25, -0.2) is 4.68 Å². The van der Waals surface area contributed by atoms with Crippen LogP contribution in [0.25, 0.3) is 5.69 Å². The van der Waals surface area contributed by atoms with Gasteiger partial charge in [0.1, 0.15) is 0 Å². The maximum Gasteiger partial charge on any atom is 0.434 e. The van der Waals surface area contributed by atoms with Crippen LogP contribution in [0.4, 0.5) is 13.2 Å². The molecule has 1 aromatic heterocycles. The molecule has 0 bridgehead atoms. The molecule has 7 nitrogen and oxygen atoms in total. The fraction of sp³-hybridized carbons (Fsp3) is 0.320. The first-order chi connectivity index (χ1) is 16.8. The molecule has 2 amide bonds. The molecular formula is C25H24F3N5O2. The van der Waals surface area contributed by atoms with Crippen molar-refractivity contribution in [2.24, 2.45) is 0 Å². The van der Waals surface area contributed by atoms with Crippen LogP contribution in [0.1, 0.15) is 26.4 Å². The topological polar surface area (TPSA) is 61.7 Å². The summed E-state index contributed by atoms with van der Waals surface area (Å²) in [6.45, 7) is 3.15. The van der Waals surface area contributed by atoms with Crippen LogP contribution < -0.4 is 0 Å². The summed E-state index contributed by atoms with van der Waals surface area (Å²) in [7, 11) is 0. The maximum atomic E-state index is 13.9. The SMILES string of the molecule is O=C(c1ccccc1)N1CCN(C2CN(C(=O)c3cnn(-c4ccccc4)c3C(F)(F)F)C2)CC1.